The lowest BCUT2D eigenvalue weighted by Gasteiger charge is -2.12. The smallest absolute Gasteiger partial charge is 0.417 e. The molecule has 27 heavy (non-hydrogen) atoms. The van der Waals surface area contributed by atoms with Gasteiger partial charge < -0.3 is 10.1 Å². The Morgan fingerprint density at radius 3 is 2.63 bits per heavy atom. The fourth-order valence-corrected chi connectivity index (χ4v) is 2.76. The normalized spacial score (nSPS) is 11.6. The first-order chi connectivity index (χ1) is 12.7. The first-order valence-electron chi connectivity index (χ1n) is 8.06. The van der Waals surface area contributed by atoms with Gasteiger partial charge in [-0.15, -0.1) is 0 Å². The third-order valence-electron chi connectivity index (χ3n) is 4.02. The van der Waals surface area contributed by atoms with Crippen molar-refractivity contribution < 1.29 is 22.7 Å². The van der Waals surface area contributed by atoms with Gasteiger partial charge >= 0.3 is 6.18 Å². The molecular weight excluding hydrogens is 361 g/mol. The number of rotatable bonds is 4. The number of para-hydroxylation sites is 1. The van der Waals surface area contributed by atoms with Gasteiger partial charge in [-0.2, -0.15) is 23.3 Å². The summed E-state index contributed by atoms with van der Waals surface area (Å²) in [5, 5.41) is 6.55. The summed E-state index contributed by atoms with van der Waals surface area (Å²) >= 11 is 0. The number of halogens is 3. The van der Waals surface area contributed by atoms with E-state index in [-0.39, 0.29) is 22.6 Å². The minimum atomic E-state index is -4.60. The second-order valence-corrected chi connectivity index (χ2v) is 6.07. The van der Waals surface area contributed by atoms with Crippen molar-refractivity contribution in [3.05, 3.63) is 47.2 Å². The summed E-state index contributed by atoms with van der Waals surface area (Å²) in [7, 11) is 1.50. The SMILES string of the molecule is Cc1ccccc1NC(=O)COc1cc(C(F)(F)F)c2c(C)nn(C)c2n1. The number of nitrogens with zero attached hydrogens (tertiary/aromatic N) is 3. The second-order valence-electron chi connectivity index (χ2n) is 6.07. The standard InChI is InChI=1S/C18H17F3N4O2/c1-10-6-4-5-7-13(10)22-14(26)9-27-15-8-12(18(19,20)21)16-11(2)24-25(3)17(16)23-15/h4-8H,9H2,1-3H3,(H,22,26). The maximum Gasteiger partial charge on any atom is 0.417 e. The Morgan fingerprint density at radius 2 is 1.96 bits per heavy atom. The zero-order chi connectivity index (χ0) is 19.8. The molecule has 0 unspecified atom stereocenters. The van der Waals surface area contributed by atoms with Crippen molar-refractivity contribution >= 4 is 22.6 Å². The highest BCUT2D eigenvalue weighted by Gasteiger charge is 2.35. The van der Waals surface area contributed by atoms with Crippen LogP contribution in [0.2, 0.25) is 0 Å². The topological polar surface area (TPSA) is 69.0 Å². The van der Waals surface area contributed by atoms with Crippen molar-refractivity contribution in [1.82, 2.24) is 14.8 Å². The fraction of sp³-hybridized carbons (Fsp3) is 0.278. The van der Waals surface area contributed by atoms with Gasteiger partial charge in [-0.3, -0.25) is 9.48 Å². The number of carbonyl (C=O) groups is 1. The Kier molecular flexibility index (Phi) is 4.77. The van der Waals surface area contributed by atoms with Crippen LogP contribution >= 0.6 is 0 Å². The number of alkyl halides is 3. The number of aromatic nitrogens is 3. The van der Waals surface area contributed by atoms with Gasteiger partial charge in [0.25, 0.3) is 5.91 Å². The van der Waals surface area contributed by atoms with Crippen molar-refractivity contribution in [3.8, 4) is 5.88 Å². The molecule has 0 saturated heterocycles. The number of nitrogens with one attached hydrogen (secondary N) is 1. The summed E-state index contributed by atoms with van der Waals surface area (Å²) in [4.78, 5) is 16.1. The Bertz CT molecular complexity index is 1010. The molecule has 0 aliphatic rings. The highest BCUT2D eigenvalue weighted by Crippen LogP contribution is 2.37. The Hall–Kier alpha value is -3.10. The lowest BCUT2D eigenvalue weighted by molar-refractivity contribution is -0.136. The van der Waals surface area contributed by atoms with E-state index in [1.807, 2.05) is 19.1 Å². The molecule has 1 amide bonds. The van der Waals surface area contributed by atoms with Crippen molar-refractivity contribution in [1.29, 1.82) is 0 Å². The average Bonchev–Trinajstić information content (AvgIpc) is 2.88. The number of hydrogen-bond donors (Lipinski definition) is 1. The molecule has 2 heterocycles. The van der Waals surface area contributed by atoms with Gasteiger partial charge in [-0.25, -0.2) is 0 Å². The summed E-state index contributed by atoms with van der Waals surface area (Å²) in [6, 6.07) is 7.93. The third kappa shape index (κ3) is 3.86. The largest absolute Gasteiger partial charge is 0.467 e. The Labute approximate surface area is 153 Å². The number of hydrogen-bond acceptors (Lipinski definition) is 4. The zero-order valence-electron chi connectivity index (χ0n) is 14.9. The molecule has 1 N–H and O–H groups in total. The number of carbonyl (C=O) groups excluding carboxylic acids is 1. The van der Waals surface area contributed by atoms with Crippen molar-refractivity contribution in [2.75, 3.05) is 11.9 Å². The van der Waals surface area contributed by atoms with Crippen molar-refractivity contribution in [3.63, 3.8) is 0 Å². The van der Waals surface area contributed by atoms with Gasteiger partial charge in [0.05, 0.1) is 16.6 Å². The lowest BCUT2D eigenvalue weighted by atomic mass is 10.1. The Balaban J connectivity index is 1.84. The van der Waals surface area contributed by atoms with Crippen molar-refractivity contribution in [2.24, 2.45) is 7.05 Å². The number of anilines is 1. The van der Waals surface area contributed by atoms with Gasteiger partial charge in [-0.05, 0) is 25.5 Å². The fourth-order valence-electron chi connectivity index (χ4n) is 2.76. The molecule has 3 aromatic rings. The quantitative estimate of drug-likeness (QED) is 0.753. The van der Waals surface area contributed by atoms with Crippen LogP contribution < -0.4 is 10.1 Å². The highest BCUT2D eigenvalue weighted by molar-refractivity contribution is 5.92. The minimum absolute atomic E-state index is 0.0386. The van der Waals surface area contributed by atoms with Gasteiger partial charge in [-0.1, -0.05) is 18.2 Å². The molecule has 0 aliphatic carbocycles. The number of ether oxygens (including phenoxy) is 1. The first-order valence-corrected chi connectivity index (χ1v) is 8.06. The Morgan fingerprint density at radius 1 is 1.26 bits per heavy atom. The van der Waals surface area contributed by atoms with E-state index in [0.29, 0.717) is 5.69 Å². The number of aryl methyl sites for hydroxylation is 3. The van der Waals surface area contributed by atoms with E-state index in [9.17, 15) is 18.0 Å². The van der Waals surface area contributed by atoms with Gasteiger partial charge in [0.1, 0.15) is 0 Å². The summed E-state index contributed by atoms with van der Waals surface area (Å²) in [5.41, 5.74) is 0.822. The molecule has 0 fully saturated rings. The molecular formula is C18H17F3N4O2. The molecule has 1 aromatic carbocycles. The minimum Gasteiger partial charge on any atom is -0.467 e. The van der Waals surface area contributed by atoms with Crippen molar-refractivity contribution in [2.45, 2.75) is 20.0 Å². The maximum absolute atomic E-state index is 13.4. The van der Waals surface area contributed by atoms with Gasteiger partial charge in [0.15, 0.2) is 12.3 Å². The predicted molar refractivity (Wildman–Crippen MR) is 93.6 cm³/mol. The molecule has 2 aromatic heterocycles. The number of fused-ring (bicyclic) bond motifs is 1. The third-order valence-corrected chi connectivity index (χ3v) is 4.02. The number of benzene rings is 1. The zero-order valence-corrected chi connectivity index (χ0v) is 14.9. The summed E-state index contributed by atoms with van der Waals surface area (Å²) < 4.78 is 46.7. The summed E-state index contributed by atoms with van der Waals surface area (Å²) in [5.74, 6) is -0.793. The van der Waals surface area contributed by atoms with Crippen LogP contribution in [0.5, 0.6) is 5.88 Å². The van der Waals surface area contributed by atoms with E-state index in [1.165, 1.54) is 18.7 Å². The summed E-state index contributed by atoms with van der Waals surface area (Å²) in [6.07, 6.45) is -4.60. The predicted octanol–water partition coefficient (Wildman–Crippen LogP) is 3.62. The van der Waals surface area contributed by atoms with Gasteiger partial charge in [0, 0.05) is 18.8 Å². The second kappa shape index (κ2) is 6.90. The first kappa shape index (κ1) is 18.7. The molecule has 0 aliphatic heterocycles. The van der Waals surface area contributed by atoms with E-state index < -0.39 is 24.3 Å². The monoisotopic (exact) mass is 378 g/mol. The van der Waals surface area contributed by atoms with Gasteiger partial charge in [0.2, 0.25) is 5.88 Å². The summed E-state index contributed by atoms with van der Waals surface area (Å²) in [6.45, 7) is 2.84. The van der Waals surface area contributed by atoms with Crippen LogP contribution in [0, 0.1) is 13.8 Å². The van der Waals surface area contributed by atoms with Crippen LogP contribution in [-0.4, -0.2) is 27.3 Å². The molecule has 142 valence electrons. The van der Waals surface area contributed by atoms with E-state index in [1.54, 1.807) is 12.1 Å². The maximum atomic E-state index is 13.4. The molecule has 6 nitrogen and oxygen atoms in total. The van der Waals surface area contributed by atoms with E-state index in [4.69, 9.17) is 4.74 Å². The molecule has 0 bridgehead atoms. The number of pyridine rings is 1. The molecule has 9 heteroatoms. The number of amides is 1. The average molecular weight is 378 g/mol. The van der Waals surface area contributed by atoms with Crippen LogP contribution in [0.25, 0.3) is 11.0 Å². The molecule has 3 rings (SSSR count). The van der Waals surface area contributed by atoms with E-state index >= 15 is 0 Å². The molecule has 0 radical (unpaired) electrons. The molecule has 0 saturated carbocycles. The highest BCUT2D eigenvalue weighted by atomic mass is 19.4. The van der Waals surface area contributed by atoms with E-state index in [0.717, 1.165) is 11.6 Å². The molecule has 0 spiro atoms. The van der Waals surface area contributed by atoms with Crippen LogP contribution in [-0.2, 0) is 18.0 Å². The lowest BCUT2D eigenvalue weighted by Crippen LogP contribution is -2.21. The van der Waals surface area contributed by atoms with Crippen LogP contribution in [0.15, 0.2) is 30.3 Å². The van der Waals surface area contributed by atoms with E-state index in [2.05, 4.69) is 15.4 Å². The van der Waals surface area contributed by atoms with Crippen LogP contribution in [0.3, 0.4) is 0 Å². The van der Waals surface area contributed by atoms with Crippen LogP contribution in [0.1, 0.15) is 16.8 Å². The van der Waals surface area contributed by atoms with Crippen LogP contribution in [0.4, 0.5) is 18.9 Å². The molecule has 0 atom stereocenters.